The Labute approximate surface area is 100 Å². The van der Waals surface area contributed by atoms with Crippen LogP contribution in [0.5, 0.6) is 11.5 Å². The van der Waals surface area contributed by atoms with Crippen LogP contribution in [0.25, 0.3) is 0 Å². The summed E-state index contributed by atoms with van der Waals surface area (Å²) >= 11 is 0. The molecule has 3 nitrogen and oxygen atoms in total. The monoisotopic (exact) mass is 229 g/mol. The molecule has 3 N–H and O–H groups in total. The van der Waals surface area contributed by atoms with E-state index in [-0.39, 0.29) is 5.75 Å². The summed E-state index contributed by atoms with van der Waals surface area (Å²) in [6.07, 6.45) is 0. The van der Waals surface area contributed by atoms with E-state index >= 15 is 0 Å². The van der Waals surface area contributed by atoms with Gasteiger partial charge < -0.3 is 15.5 Å². The van der Waals surface area contributed by atoms with Gasteiger partial charge in [-0.15, -0.1) is 0 Å². The summed E-state index contributed by atoms with van der Waals surface area (Å²) in [6.45, 7) is 2.55. The predicted molar refractivity (Wildman–Crippen MR) is 68.3 cm³/mol. The van der Waals surface area contributed by atoms with Crippen molar-refractivity contribution in [2.24, 2.45) is 0 Å². The minimum absolute atomic E-state index is 0.272. The quantitative estimate of drug-likeness (QED) is 0.709. The zero-order chi connectivity index (χ0) is 12.3. The van der Waals surface area contributed by atoms with Crippen molar-refractivity contribution in [3.63, 3.8) is 0 Å². The van der Waals surface area contributed by atoms with Crippen molar-refractivity contribution >= 4 is 5.69 Å². The Kier molecular flexibility index (Phi) is 3.19. The van der Waals surface area contributed by atoms with Crippen LogP contribution in [0.1, 0.15) is 11.1 Å². The van der Waals surface area contributed by atoms with Crippen LogP contribution < -0.4 is 5.32 Å². The van der Waals surface area contributed by atoms with E-state index in [1.54, 1.807) is 18.2 Å². The molecule has 0 saturated carbocycles. The summed E-state index contributed by atoms with van der Waals surface area (Å²) in [5, 5.41) is 21.8. The van der Waals surface area contributed by atoms with E-state index in [4.69, 9.17) is 5.11 Å². The molecule has 88 valence electrons. The first-order valence-electron chi connectivity index (χ1n) is 5.46. The summed E-state index contributed by atoms with van der Waals surface area (Å²) < 4.78 is 0. The molecule has 2 aromatic carbocycles. The number of aromatic hydroxyl groups is 2. The van der Waals surface area contributed by atoms with Crippen molar-refractivity contribution < 1.29 is 10.2 Å². The summed E-state index contributed by atoms with van der Waals surface area (Å²) in [5.41, 5.74) is 2.91. The average molecular weight is 229 g/mol. The highest BCUT2D eigenvalue weighted by Crippen LogP contribution is 2.20. The first kappa shape index (κ1) is 11.3. The Morgan fingerprint density at radius 1 is 1.00 bits per heavy atom. The molecule has 0 saturated heterocycles. The molecule has 17 heavy (non-hydrogen) atoms. The van der Waals surface area contributed by atoms with Gasteiger partial charge in [-0.05, 0) is 48.4 Å². The van der Waals surface area contributed by atoms with Crippen molar-refractivity contribution in [1.29, 1.82) is 0 Å². The third-order valence-electron chi connectivity index (χ3n) is 2.63. The minimum Gasteiger partial charge on any atom is -0.508 e. The Bertz CT molecular complexity index is 506. The largest absolute Gasteiger partial charge is 0.508 e. The highest BCUT2D eigenvalue weighted by molar-refractivity contribution is 5.50. The standard InChI is InChI=1S/C14H15NO2/c1-10-8-12(4-7-14(10)17)15-9-11-2-5-13(16)6-3-11/h2-8,15-17H,9H2,1H3. The predicted octanol–water partition coefficient (Wildman–Crippen LogP) is 3.02. The molecule has 2 rings (SSSR count). The van der Waals surface area contributed by atoms with Gasteiger partial charge in [0.05, 0.1) is 0 Å². The second-order valence-corrected chi connectivity index (χ2v) is 4.02. The van der Waals surface area contributed by atoms with Gasteiger partial charge in [-0.25, -0.2) is 0 Å². The summed E-state index contributed by atoms with van der Waals surface area (Å²) in [5.74, 6) is 0.578. The van der Waals surface area contributed by atoms with Crippen LogP contribution in [0.15, 0.2) is 42.5 Å². The summed E-state index contributed by atoms with van der Waals surface area (Å²) in [6, 6.07) is 12.5. The molecule has 0 bridgehead atoms. The van der Waals surface area contributed by atoms with Crippen LogP contribution in [0.3, 0.4) is 0 Å². The van der Waals surface area contributed by atoms with Crippen LogP contribution in [0.4, 0.5) is 5.69 Å². The maximum Gasteiger partial charge on any atom is 0.118 e. The summed E-state index contributed by atoms with van der Waals surface area (Å²) in [4.78, 5) is 0. The molecule has 0 radical (unpaired) electrons. The molecule has 0 amide bonds. The highest BCUT2D eigenvalue weighted by Gasteiger charge is 1.98. The molecule has 0 atom stereocenters. The van der Waals surface area contributed by atoms with E-state index in [0.717, 1.165) is 16.8 Å². The van der Waals surface area contributed by atoms with Gasteiger partial charge in [-0.3, -0.25) is 0 Å². The molecule has 0 aliphatic rings. The molecular formula is C14H15NO2. The number of phenols is 2. The molecule has 0 heterocycles. The first-order chi connectivity index (χ1) is 8.15. The van der Waals surface area contributed by atoms with Crippen LogP contribution in [-0.2, 0) is 6.54 Å². The van der Waals surface area contributed by atoms with E-state index < -0.39 is 0 Å². The number of nitrogens with one attached hydrogen (secondary N) is 1. The van der Waals surface area contributed by atoms with Crippen molar-refractivity contribution in [1.82, 2.24) is 0 Å². The van der Waals surface area contributed by atoms with Crippen molar-refractivity contribution in [3.05, 3.63) is 53.6 Å². The lowest BCUT2D eigenvalue weighted by Crippen LogP contribution is -1.99. The molecule has 0 aromatic heterocycles. The fourth-order valence-electron chi connectivity index (χ4n) is 1.58. The zero-order valence-electron chi connectivity index (χ0n) is 9.64. The fraction of sp³-hybridized carbons (Fsp3) is 0.143. The van der Waals surface area contributed by atoms with Crippen LogP contribution in [0, 0.1) is 6.92 Å². The van der Waals surface area contributed by atoms with Crippen molar-refractivity contribution in [2.45, 2.75) is 13.5 Å². The second-order valence-electron chi connectivity index (χ2n) is 4.02. The molecule has 0 unspecified atom stereocenters. The average Bonchev–Trinajstić information content (AvgIpc) is 2.33. The zero-order valence-corrected chi connectivity index (χ0v) is 9.64. The number of aryl methyl sites for hydroxylation is 1. The second kappa shape index (κ2) is 4.78. The Morgan fingerprint density at radius 3 is 2.35 bits per heavy atom. The summed E-state index contributed by atoms with van der Waals surface area (Å²) in [7, 11) is 0. The number of benzene rings is 2. The van der Waals surface area contributed by atoms with Gasteiger partial charge in [0.15, 0.2) is 0 Å². The van der Waals surface area contributed by atoms with Gasteiger partial charge in [0.2, 0.25) is 0 Å². The van der Waals surface area contributed by atoms with Gasteiger partial charge in [0.1, 0.15) is 11.5 Å². The number of hydrogen-bond acceptors (Lipinski definition) is 3. The lowest BCUT2D eigenvalue weighted by atomic mass is 10.2. The first-order valence-corrected chi connectivity index (χ1v) is 5.46. The van der Waals surface area contributed by atoms with E-state index in [0.29, 0.717) is 12.3 Å². The Balaban J connectivity index is 2.02. The molecule has 0 fully saturated rings. The van der Waals surface area contributed by atoms with E-state index in [1.165, 1.54) is 0 Å². The van der Waals surface area contributed by atoms with Crippen LogP contribution in [-0.4, -0.2) is 10.2 Å². The highest BCUT2D eigenvalue weighted by atomic mass is 16.3. The van der Waals surface area contributed by atoms with E-state index in [9.17, 15) is 5.11 Å². The van der Waals surface area contributed by atoms with Gasteiger partial charge in [-0.2, -0.15) is 0 Å². The number of hydrogen-bond donors (Lipinski definition) is 3. The normalized spacial score (nSPS) is 10.2. The maximum absolute atomic E-state index is 9.40. The van der Waals surface area contributed by atoms with E-state index in [2.05, 4.69) is 5.32 Å². The SMILES string of the molecule is Cc1cc(NCc2ccc(O)cc2)ccc1O. The van der Waals surface area contributed by atoms with E-state index in [1.807, 2.05) is 31.2 Å². The van der Waals surface area contributed by atoms with Crippen LogP contribution in [0.2, 0.25) is 0 Å². The minimum atomic E-state index is 0.272. The smallest absolute Gasteiger partial charge is 0.118 e. The van der Waals surface area contributed by atoms with Gasteiger partial charge >= 0.3 is 0 Å². The molecule has 0 aliphatic carbocycles. The van der Waals surface area contributed by atoms with Crippen molar-refractivity contribution in [3.8, 4) is 11.5 Å². The topological polar surface area (TPSA) is 52.5 Å². The lowest BCUT2D eigenvalue weighted by Gasteiger charge is -2.08. The van der Waals surface area contributed by atoms with Crippen molar-refractivity contribution in [2.75, 3.05) is 5.32 Å². The van der Waals surface area contributed by atoms with Gasteiger partial charge in [-0.1, -0.05) is 12.1 Å². The van der Waals surface area contributed by atoms with Crippen LogP contribution >= 0.6 is 0 Å². The molecular weight excluding hydrogens is 214 g/mol. The lowest BCUT2D eigenvalue weighted by molar-refractivity contribution is 0.471. The maximum atomic E-state index is 9.40. The third kappa shape index (κ3) is 2.91. The Morgan fingerprint density at radius 2 is 1.71 bits per heavy atom. The number of phenolic OH excluding ortho intramolecular Hbond substituents is 2. The third-order valence-corrected chi connectivity index (χ3v) is 2.63. The van der Waals surface area contributed by atoms with Gasteiger partial charge in [0.25, 0.3) is 0 Å². The van der Waals surface area contributed by atoms with Gasteiger partial charge in [0, 0.05) is 12.2 Å². The molecule has 0 aliphatic heterocycles. The Hall–Kier alpha value is -2.16. The molecule has 2 aromatic rings. The number of rotatable bonds is 3. The number of anilines is 1. The molecule has 3 heteroatoms. The molecule has 0 spiro atoms. The fourth-order valence-corrected chi connectivity index (χ4v) is 1.58.